The lowest BCUT2D eigenvalue weighted by molar-refractivity contribution is 0.156. The van der Waals surface area contributed by atoms with Crippen LogP contribution in [0.2, 0.25) is 0 Å². The normalized spacial score (nSPS) is 30.0. The maximum Gasteiger partial charge on any atom is 0.0599 e. The van der Waals surface area contributed by atoms with Gasteiger partial charge in [0.1, 0.15) is 0 Å². The fourth-order valence-corrected chi connectivity index (χ4v) is 1.26. The predicted octanol–water partition coefficient (Wildman–Crippen LogP) is -0.728. The van der Waals surface area contributed by atoms with Crippen LogP contribution in [0.25, 0.3) is 0 Å². The molecule has 1 saturated heterocycles. The van der Waals surface area contributed by atoms with Gasteiger partial charge in [-0.3, -0.25) is 4.90 Å². The molecule has 0 aromatic heterocycles. The van der Waals surface area contributed by atoms with Crippen LogP contribution in [-0.4, -0.2) is 49.3 Å². The lowest BCUT2D eigenvalue weighted by Gasteiger charge is -2.22. The summed E-state index contributed by atoms with van der Waals surface area (Å²) in [5.74, 6) is 0. The number of nitrogens with one attached hydrogen (secondary N) is 1. The maximum atomic E-state index is 8.90. The SMILES string of the molecule is CN1CCCNCC1CO. The molecule has 0 saturated carbocycles. The molecule has 0 aromatic carbocycles. The van der Waals surface area contributed by atoms with Crippen LogP contribution in [0.5, 0.6) is 0 Å². The molecule has 3 nitrogen and oxygen atoms in total. The average molecular weight is 144 g/mol. The zero-order valence-corrected chi connectivity index (χ0v) is 6.51. The lowest BCUT2D eigenvalue weighted by atomic mass is 10.3. The van der Waals surface area contributed by atoms with Gasteiger partial charge in [-0.05, 0) is 26.6 Å². The molecule has 3 heteroatoms. The van der Waals surface area contributed by atoms with Gasteiger partial charge in [0, 0.05) is 12.6 Å². The number of hydrogen-bond acceptors (Lipinski definition) is 3. The first kappa shape index (κ1) is 7.98. The molecule has 1 rings (SSSR count). The lowest BCUT2D eigenvalue weighted by Crippen LogP contribution is -2.39. The van der Waals surface area contributed by atoms with Gasteiger partial charge in [-0.2, -0.15) is 0 Å². The van der Waals surface area contributed by atoms with E-state index >= 15 is 0 Å². The van der Waals surface area contributed by atoms with Gasteiger partial charge < -0.3 is 10.4 Å². The van der Waals surface area contributed by atoms with Crippen LogP contribution in [-0.2, 0) is 0 Å². The summed E-state index contributed by atoms with van der Waals surface area (Å²) in [4.78, 5) is 2.21. The zero-order valence-electron chi connectivity index (χ0n) is 6.51. The number of likely N-dealkylation sites (N-methyl/N-ethyl adjacent to an activating group) is 1. The molecule has 1 fully saturated rings. The number of aliphatic hydroxyl groups is 1. The molecule has 0 amide bonds. The van der Waals surface area contributed by atoms with Gasteiger partial charge in [-0.25, -0.2) is 0 Å². The van der Waals surface area contributed by atoms with E-state index in [2.05, 4.69) is 17.3 Å². The standard InChI is InChI=1S/C7H16N2O/c1-9-4-2-3-8-5-7(9)6-10/h7-8,10H,2-6H2,1H3. The molecule has 0 spiro atoms. The molecule has 0 radical (unpaired) electrons. The minimum absolute atomic E-state index is 0.267. The van der Waals surface area contributed by atoms with Crippen molar-refractivity contribution in [3.05, 3.63) is 0 Å². The second kappa shape index (κ2) is 3.91. The van der Waals surface area contributed by atoms with Crippen molar-refractivity contribution in [2.75, 3.05) is 33.3 Å². The zero-order chi connectivity index (χ0) is 7.40. The first-order valence-corrected chi connectivity index (χ1v) is 3.86. The molecule has 1 aliphatic heterocycles. The third-order valence-electron chi connectivity index (χ3n) is 2.08. The first-order valence-electron chi connectivity index (χ1n) is 3.86. The summed E-state index contributed by atoms with van der Waals surface area (Å²) in [5.41, 5.74) is 0. The van der Waals surface area contributed by atoms with Crippen molar-refractivity contribution in [3.8, 4) is 0 Å². The van der Waals surface area contributed by atoms with Gasteiger partial charge in [-0.15, -0.1) is 0 Å². The van der Waals surface area contributed by atoms with Gasteiger partial charge in [-0.1, -0.05) is 0 Å². The maximum absolute atomic E-state index is 8.90. The Kier molecular flexibility index (Phi) is 3.12. The van der Waals surface area contributed by atoms with E-state index in [9.17, 15) is 0 Å². The Labute approximate surface area is 62.0 Å². The Bertz CT molecular complexity index is 97.6. The number of nitrogens with zero attached hydrogens (tertiary/aromatic N) is 1. The molecule has 0 aromatic rings. The van der Waals surface area contributed by atoms with Crippen molar-refractivity contribution >= 4 is 0 Å². The van der Waals surface area contributed by atoms with Gasteiger partial charge in [0.15, 0.2) is 0 Å². The van der Waals surface area contributed by atoms with E-state index in [1.807, 2.05) is 0 Å². The highest BCUT2D eigenvalue weighted by Gasteiger charge is 2.14. The van der Waals surface area contributed by atoms with Gasteiger partial charge in [0.2, 0.25) is 0 Å². The molecule has 10 heavy (non-hydrogen) atoms. The average Bonchev–Trinajstić information content (AvgIpc) is 2.13. The molecular formula is C7H16N2O. The monoisotopic (exact) mass is 144 g/mol. The van der Waals surface area contributed by atoms with Gasteiger partial charge >= 0.3 is 0 Å². The van der Waals surface area contributed by atoms with E-state index in [1.54, 1.807) is 0 Å². The largest absolute Gasteiger partial charge is 0.395 e. The van der Waals surface area contributed by atoms with E-state index < -0.39 is 0 Å². The number of aliphatic hydroxyl groups excluding tert-OH is 1. The van der Waals surface area contributed by atoms with Crippen LogP contribution >= 0.6 is 0 Å². The molecule has 1 unspecified atom stereocenters. The Morgan fingerprint density at radius 2 is 2.50 bits per heavy atom. The van der Waals surface area contributed by atoms with Crippen LogP contribution in [0.15, 0.2) is 0 Å². The van der Waals surface area contributed by atoms with Crippen molar-refractivity contribution in [2.24, 2.45) is 0 Å². The molecule has 1 aliphatic rings. The summed E-state index contributed by atoms with van der Waals surface area (Å²) < 4.78 is 0. The highest BCUT2D eigenvalue weighted by atomic mass is 16.3. The van der Waals surface area contributed by atoms with Crippen molar-refractivity contribution in [3.63, 3.8) is 0 Å². The summed E-state index contributed by atoms with van der Waals surface area (Å²) in [7, 11) is 2.06. The van der Waals surface area contributed by atoms with Crippen molar-refractivity contribution < 1.29 is 5.11 Å². The second-order valence-electron chi connectivity index (χ2n) is 2.87. The smallest absolute Gasteiger partial charge is 0.0599 e. The van der Waals surface area contributed by atoms with E-state index in [0.717, 1.165) is 19.6 Å². The van der Waals surface area contributed by atoms with Gasteiger partial charge in [0.05, 0.1) is 6.61 Å². The highest BCUT2D eigenvalue weighted by molar-refractivity contribution is 4.73. The van der Waals surface area contributed by atoms with Crippen LogP contribution in [0.4, 0.5) is 0 Å². The molecule has 2 N–H and O–H groups in total. The highest BCUT2D eigenvalue weighted by Crippen LogP contribution is 1.99. The van der Waals surface area contributed by atoms with Crippen LogP contribution in [0.3, 0.4) is 0 Å². The summed E-state index contributed by atoms with van der Waals surface area (Å²) in [6, 6.07) is 0.322. The Hall–Kier alpha value is -0.120. The summed E-state index contributed by atoms with van der Waals surface area (Å²) in [6.45, 7) is 3.37. The fourth-order valence-electron chi connectivity index (χ4n) is 1.26. The quantitative estimate of drug-likeness (QED) is 0.509. The third-order valence-corrected chi connectivity index (χ3v) is 2.08. The Balaban J connectivity index is 2.35. The van der Waals surface area contributed by atoms with E-state index in [-0.39, 0.29) is 6.61 Å². The Morgan fingerprint density at radius 1 is 1.70 bits per heavy atom. The van der Waals surface area contributed by atoms with E-state index in [1.165, 1.54) is 6.42 Å². The number of rotatable bonds is 1. The molecule has 1 atom stereocenters. The summed E-state index contributed by atoms with van der Waals surface area (Å²) in [5, 5.41) is 12.2. The molecule has 0 bridgehead atoms. The van der Waals surface area contributed by atoms with Crippen LogP contribution < -0.4 is 5.32 Å². The number of hydrogen-bond donors (Lipinski definition) is 2. The molecule has 60 valence electrons. The second-order valence-corrected chi connectivity index (χ2v) is 2.87. The van der Waals surface area contributed by atoms with Crippen molar-refractivity contribution in [1.29, 1.82) is 0 Å². The fraction of sp³-hybridized carbons (Fsp3) is 1.00. The first-order chi connectivity index (χ1) is 4.84. The van der Waals surface area contributed by atoms with Crippen LogP contribution in [0, 0.1) is 0 Å². The topological polar surface area (TPSA) is 35.5 Å². The summed E-state index contributed by atoms with van der Waals surface area (Å²) in [6.07, 6.45) is 1.19. The molecule has 0 aliphatic carbocycles. The minimum atomic E-state index is 0.267. The third kappa shape index (κ3) is 1.94. The molecular weight excluding hydrogens is 128 g/mol. The minimum Gasteiger partial charge on any atom is -0.395 e. The van der Waals surface area contributed by atoms with Gasteiger partial charge in [0.25, 0.3) is 0 Å². The van der Waals surface area contributed by atoms with E-state index in [0.29, 0.717) is 6.04 Å². The van der Waals surface area contributed by atoms with Crippen molar-refractivity contribution in [2.45, 2.75) is 12.5 Å². The van der Waals surface area contributed by atoms with Crippen LogP contribution in [0.1, 0.15) is 6.42 Å². The van der Waals surface area contributed by atoms with E-state index in [4.69, 9.17) is 5.11 Å². The Morgan fingerprint density at radius 3 is 3.20 bits per heavy atom. The predicted molar refractivity (Wildman–Crippen MR) is 41.0 cm³/mol. The van der Waals surface area contributed by atoms with Crippen molar-refractivity contribution in [1.82, 2.24) is 10.2 Å². The summed E-state index contributed by atoms with van der Waals surface area (Å²) >= 11 is 0. The molecule has 1 heterocycles.